The average molecular weight is 218 g/mol. The Morgan fingerprint density at radius 2 is 2.00 bits per heavy atom. The lowest BCUT2D eigenvalue weighted by Crippen LogP contribution is -2.56. The molecule has 0 aromatic heterocycles. The van der Waals surface area contributed by atoms with Gasteiger partial charge in [-0.3, -0.25) is 4.90 Å². The van der Waals surface area contributed by atoms with Crippen molar-refractivity contribution in [3.05, 3.63) is 0 Å². The van der Waals surface area contributed by atoms with Crippen LogP contribution < -0.4 is 5.32 Å². The molecule has 1 saturated heterocycles. The van der Waals surface area contributed by atoms with Crippen LogP contribution in [-0.4, -0.2) is 49.7 Å². The van der Waals surface area contributed by atoms with Gasteiger partial charge in [-0.1, -0.05) is 0 Å². The van der Waals surface area contributed by atoms with Gasteiger partial charge in [0.1, 0.15) is 0 Å². The third kappa shape index (κ3) is 3.38. The Morgan fingerprint density at radius 1 is 1.36 bits per heavy atom. The predicted octanol–water partition coefficient (Wildman–Crippen LogP) is 1.09. The molecule has 1 aliphatic rings. The maximum Gasteiger partial charge on any atom is 0.401 e. The highest BCUT2D eigenvalue weighted by Crippen LogP contribution is 2.20. The van der Waals surface area contributed by atoms with E-state index in [4.69, 9.17) is 0 Å². The molecule has 0 amide bonds. The normalized spacial score (nSPS) is 25.7. The molecule has 0 aromatic rings. The molecule has 84 valence electrons. The zero-order valence-corrected chi connectivity index (χ0v) is 7.32. The van der Waals surface area contributed by atoms with Gasteiger partial charge in [0.25, 0.3) is 6.43 Å². The SMILES string of the molecule is FC(F)C1CNCCN1CC(F)(F)F. The minimum atomic E-state index is -4.41. The van der Waals surface area contributed by atoms with Gasteiger partial charge in [0.05, 0.1) is 12.6 Å². The van der Waals surface area contributed by atoms with Crippen molar-refractivity contribution < 1.29 is 22.0 Å². The minimum Gasteiger partial charge on any atom is -0.314 e. The van der Waals surface area contributed by atoms with E-state index in [1.165, 1.54) is 0 Å². The standard InChI is InChI=1S/C7H11F5N2/c8-6(9)5-3-13-1-2-14(5)4-7(10,11)12/h5-6,13H,1-4H2. The second-order valence-corrected chi connectivity index (χ2v) is 3.19. The fraction of sp³-hybridized carbons (Fsp3) is 1.00. The number of rotatable bonds is 2. The van der Waals surface area contributed by atoms with E-state index in [0.717, 1.165) is 4.90 Å². The molecular formula is C7H11F5N2. The first-order chi connectivity index (χ1) is 6.40. The molecule has 1 atom stereocenters. The maximum atomic E-state index is 12.3. The van der Waals surface area contributed by atoms with Gasteiger partial charge in [0.2, 0.25) is 0 Å². The summed E-state index contributed by atoms with van der Waals surface area (Å²) in [5.41, 5.74) is 0. The topological polar surface area (TPSA) is 15.3 Å². The number of nitrogens with zero attached hydrogens (tertiary/aromatic N) is 1. The number of halogens is 5. The molecule has 0 aromatic carbocycles. The molecule has 0 radical (unpaired) electrons. The van der Waals surface area contributed by atoms with Gasteiger partial charge in [-0.15, -0.1) is 0 Å². The van der Waals surface area contributed by atoms with Crippen molar-refractivity contribution in [2.24, 2.45) is 0 Å². The van der Waals surface area contributed by atoms with Gasteiger partial charge in [-0.2, -0.15) is 13.2 Å². The first-order valence-electron chi connectivity index (χ1n) is 4.20. The minimum absolute atomic E-state index is 0.00845. The Balaban J connectivity index is 2.54. The molecule has 14 heavy (non-hydrogen) atoms. The summed E-state index contributed by atoms with van der Waals surface area (Å²) in [5.74, 6) is 0. The van der Waals surface area contributed by atoms with Gasteiger partial charge in [-0.05, 0) is 0 Å². The number of hydrogen-bond donors (Lipinski definition) is 1. The fourth-order valence-electron chi connectivity index (χ4n) is 1.44. The first-order valence-corrected chi connectivity index (χ1v) is 4.20. The Hall–Kier alpha value is -0.430. The molecule has 2 nitrogen and oxygen atoms in total. The molecule has 0 aliphatic carbocycles. The molecule has 1 unspecified atom stereocenters. The largest absolute Gasteiger partial charge is 0.401 e. The van der Waals surface area contributed by atoms with Crippen molar-refractivity contribution in [3.8, 4) is 0 Å². The molecule has 7 heteroatoms. The monoisotopic (exact) mass is 218 g/mol. The first kappa shape index (κ1) is 11.6. The van der Waals surface area contributed by atoms with Gasteiger partial charge in [-0.25, -0.2) is 8.78 Å². The van der Waals surface area contributed by atoms with Crippen LogP contribution in [-0.2, 0) is 0 Å². The molecule has 0 bridgehead atoms. The fourth-order valence-corrected chi connectivity index (χ4v) is 1.44. The lowest BCUT2D eigenvalue weighted by atomic mass is 10.2. The molecule has 1 heterocycles. The van der Waals surface area contributed by atoms with Crippen LogP contribution in [0, 0.1) is 0 Å². The molecule has 0 spiro atoms. The van der Waals surface area contributed by atoms with E-state index in [2.05, 4.69) is 5.32 Å². The van der Waals surface area contributed by atoms with Crippen molar-refractivity contribution in [1.29, 1.82) is 0 Å². The lowest BCUT2D eigenvalue weighted by Gasteiger charge is -2.35. The van der Waals surface area contributed by atoms with E-state index in [0.29, 0.717) is 6.54 Å². The quantitative estimate of drug-likeness (QED) is 0.698. The van der Waals surface area contributed by atoms with Crippen LogP contribution in [0.4, 0.5) is 22.0 Å². The van der Waals surface area contributed by atoms with Crippen molar-refractivity contribution in [3.63, 3.8) is 0 Å². The summed E-state index contributed by atoms with van der Waals surface area (Å²) in [6.45, 7) is -1.02. The van der Waals surface area contributed by atoms with E-state index in [1.807, 2.05) is 0 Å². The van der Waals surface area contributed by atoms with Crippen LogP contribution in [0.3, 0.4) is 0 Å². The van der Waals surface area contributed by atoms with E-state index < -0.39 is 25.2 Å². The number of nitrogens with one attached hydrogen (secondary N) is 1. The molecule has 1 rings (SSSR count). The van der Waals surface area contributed by atoms with Crippen LogP contribution in [0.25, 0.3) is 0 Å². The summed E-state index contributed by atoms with van der Waals surface area (Å²) in [7, 11) is 0. The molecule has 1 aliphatic heterocycles. The van der Waals surface area contributed by atoms with E-state index in [9.17, 15) is 22.0 Å². The van der Waals surface area contributed by atoms with Crippen molar-refractivity contribution in [2.75, 3.05) is 26.2 Å². The second-order valence-electron chi connectivity index (χ2n) is 3.19. The number of hydrogen-bond acceptors (Lipinski definition) is 2. The smallest absolute Gasteiger partial charge is 0.314 e. The Bertz CT molecular complexity index is 181. The summed E-state index contributed by atoms with van der Waals surface area (Å²) in [6.07, 6.45) is -7.16. The summed E-state index contributed by atoms with van der Waals surface area (Å²) in [5, 5.41) is 2.64. The van der Waals surface area contributed by atoms with Crippen LogP contribution >= 0.6 is 0 Å². The van der Waals surface area contributed by atoms with Gasteiger partial charge < -0.3 is 5.32 Å². The number of piperazine rings is 1. The van der Waals surface area contributed by atoms with Crippen molar-refractivity contribution >= 4 is 0 Å². The third-order valence-corrected chi connectivity index (χ3v) is 2.07. The summed E-state index contributed by atoms with van der Waals surface area (Å²) < 4.78 is 60.5. The van der Waals surface area contributed by atoms with Crippen LogP contribution in [0.2, 0.25) is 0 Å². The van der Waals surface area contributed by atoms with Gasteiger partial charge >= 0.3 is 6.18 Å². The van der Waals surface area contributed by atoms with Crippen molar-refractivity contribution in [2.45, 2.75) is 18.6 Å². The van der Waals surface area contributed by atoms with E-state index in [-0.39, 0.29) is 13.1 Å². The second kappa shape index (κ2) is 4.39. The van der Waals surface area contributed by atoms with Crippen LogP contribution in [0.15, 0.2) is 0 Å². The molecule has 0 saturated carbocycles. The zero-order valence-electron chi connectivity index (χ0n) is 7.32. The maximum absolute atomic E-state index is 12.3. The zero-order chi connectivity index (χ0) is 10.8. The summed E-state index contributed by atoms with van der Waals surface area (Å²) >= 11 is 0. The Kier molecular flexibility index (Phi) is 3.65. The summed E-state index contributed by atoms with van der Waals surface area (Å²) in [4.78, 5) is 0.779. The highest BCUT2D eigenvalue weighted by atomic mass is 19.4. The summed E-state index contributed by atoms with van der Waals surface area (Å²) in [6, 6.07) is -1.33. The Morgan fingerprint density at radius 3 is 2.50 bits per heavy atom. The highest BCUT2D eigenvalue weighted by molar-refractivity contribution is 4.82. The molecule has 1 N–H and O–H groups in total. The van der Waals surface area contributed by atoms with Gasteiger partial charge in [0.15, 0.2) is 0 Å². The van der Waals surface area contributed by atoms with Gasteiger partial charge in [0, 0.05) is 19.6 Å². The van der Waals surface area contributed by atoms with E-state index in [1.54, 1.807) is 0 Å². The van der Waals surface area contributed by atoms with Crippen LogP contribution in [0.5, 0.6) is 0 Å². The molecular weight excluding hydrogens is 207 g/mol. The lowest BCUT2D eigenvalue weighted by molar-refractivity contribution is -0.159. The predicted molar refractivity (Wildman–Crippen MR) is 40.3 cm³/mol. The molecule has 1 fully saturated rings. The van der Waals surface area contributed by atoms with Crippen molar-refractivity contribution in [1.82, 2.24) is 10.2 Å². The highest BCUT2D eigenvalue weighted by Gasteiger charge is 2.38. The third-order valence-electron chi connectivity index (χ3n) is 2.07. The Labute approximate surface area is 78.1 Å². The number of alkyl halides is 5. The average Bonchev–Trinajstić information content (AvgIpc) is 2.01. The van der Waals surface area contributed by atoms with Crippen LogP contribution in [0.1, 0.15) is 0 Å². The van der Waals surface area contributed by atoms with E-state index >= 15 is 0 Å².